The van der Waals surface area contributed by atoms with Crippen LogP contribution in [0.5, 0.6) is 0 Å². The van der Waals surface area contributed by atoms with Crippen molar-refractivity contribution in [3.8, 4) is 0 Å². The van der Waals surface area contributed by atoms with Crippen molar-refractivity contribution < 1.29 is 14.7 Å². The molecule has 0 aromatic heterocycles. The molecule has 2 atom stereocenters. The molecule has 5 N–H and O–H groups in total. The lowest BCUT2D eigenvalue weighted by atomic mass is 9.93. The molecule has 5 heteroatoms. The van der Waals surface area contributed by atoms with E-state index in [1.807, 2.05) is 6.08 Å². The van der Waals surface area contributed by atoms with Crippen LogP contribution < -0.4 is 11.6 Å². The second kappa shape index (κ2) is 4.78. The van der Waals surface area contributed by atoms with Crippen LogP contribution in [0.3, 0.4) is 0 Å². The summed E-state index contributed by atoms with van der Waals surface area (Å²) in [4.78, 5) is 14.9. The van der Waals surface area contributed by atoms with Crippen LogP contribution in [0.25, 0.3) is 0 Å². The van der Waals surface area contributed by atoms with Gasteiger partial charge in [-0.1, -0.05) is 6.08 Å². The van der Waals surface area contributed by atoms with E-state index in [0.29, 0.717) is 12.8 Å². The molecule has 1 unspecified atom stereocenters. The van der Waals surface area contributed by atoms with Crippen molar-refractivity contribution in [1.29, 1.82) is 0 Å². The van der Waals surface area contributed by atoms with E-state index in [2.05, 4.69) is 4.84 Å². The van der Waals surface area contributed by atoms with Crippen LogP contribution in [0.2, 0.25) is 0 Å². The van der Waals surface area contributed by atoms with E-state index in [1.54, 1.807) is 12.2 Å². The highest BCUT2D eigenvalue weighted by molar-refractivity contribution is 5.75. The fraction of sp³-hybridized carbons (Fsp3) is 0.444. The number of carbonyl (C=O) groups is 1. The number of carbonyl (C=O) groups excluding carboxylic acids is 1. The van der Waals surface area contributed by atoms with E-state index in [4.69, 9.17) is 16.7 Å². The number of aliphatic hydroxyl groups is 1. The molecular weight excluding hydrogens is 184 g/mol. The minimum Gasteiger partial charge on any atom is -0.508 e. The predicted octanol–water partition coefficient (Wildman–Crippen LogP) is 0.139. The molecule has 0 bridgehead atoms. The summed E-state index contributed by atoms with van der Waals surface area (Å²) in [5.74, 6) is 4.49. The average molecular weight is 198 g/mol. The van der Waals surface area contributed by atoms with Gasteiger partial charge in [-0.3, -0.25) is 0 Å². The standard InChI is InChI=1S/C9H14N2O3/c10-8(9(13)14-11)5-6-1-3-7(12)4-2-6/h1,3-4,6,8,12H,2,5,10-11H2/t6?,8-/m0/s1. The number of hydrogen-bond acceptors (Lipinski definition) is 5. The molecule has 1 aliphatic rings. The van der Waals surface area contributed by atoms with Crippen molar-refractivity contribution in [1.82, 2.24) is 0 Å². The smallest absolute Gasteiger partial charge is 0.341 e. The minimum absolute atomic E-state index is 0.153. The van der Waals surface area contributed by atoms with E-state index < -0.39 is 12.0 Å². The summed E-state index contributed by atoms with van der Waals surface area (Å²) < 4.78 is 0. The number of rotatable bonds is 3. The third-order valence-corrected chi connectivity index (χ3v) is 2.14. The van der Waals surface area contributed by atoms with Gasteiger partial charge in [-0.25, -0.2) is 4.79 Å². The summed E-state index contributed by atoms with van der Waals surface area (Å²) in [7, 11) is 0. The third kappa shape index (κ3) is 2.86. The van der Waals surface area contributed by atoms with Gasteiger partial charge < -0.3 is 15.7 Å². The summed E-state index contributed by atoms with van der Waals surface area (Å²) in [5, 5.41) is 9.05. The molecule has 0 radical (unpaired) electrons. The Bertz CT molecular complexity index is 273. The number of hydrogen-bond donors (Lipinski definition) is 3. The first-order valence-corrected chi connectivity index (χ1v) is 4.37. The lowest BCUT2D eigenvalue weighted by molar-refractivity contribution is -0.146. The van der Waals surface area contributed by atoms with E-state index in [1.165, 1.54) is 0 Å². The molecule has 0 saturated carbocycles. The molecule has 0 fully saturated rings. The zero-order chi connectivity index (χ0) is 10.6. The van der Waals surface area contributed by atoms with Gasteiger partial charge in [-0.2, -0.15) is 5.90 Å². The molecule has 1 aliphatic carbocycles. The van der Waals surface area contributed by atoms with E-state index >= 15 is 0 Å². The normalized spacial score (nSPS) is 22.7. The van der Waals surface area contributed by atoms with Gasteiger partial charge in [-0.05, 0) is 30.9 Å². The Morgan fingerprint density at radius 3 is 3.00 bits per heavy atom. The van der Waals surface area contributed by atoms with Crippen molar-refractivity contribution >= 4 is 5.97 Å². The van der Waals surface area contributed by atoms with Gasteiger partial charge in [0.15, 0.2) is 0 Å². The Balaban J connectivity index is 2.40. The van der Waals surface area contributed by atoms with Crippen LogP contribution in [0.1, 0.15) is 12.8 Å². The molecule has 0 spiro atoms. The first-order chi connectivity index (χ1) is 6.63. The Hall–Kier alpha value is -1.33. The molecular formula is C9H14N2O3. The highest BCUT2D eigenvalue weighted by Gasteiger charge is 2.19. The van der Waals surface area contributed by atoms with E-state index in [9.17, 15) is 4.79 Å². The highest BCUT2D eigenvalue weighted by Crippen LogP contribution is 2.19. The molecule has 0 aliphatic heterocycles. The lowest BCUT2D eigenvalue weighted by Gasteiger charge is -2.16. The first kappa shape index (κ1) is 10.7. The zero-order valence-electron chi connectivity index (χ0n) is 7.72. The molecule has 1 rings (SSSR count). The topological polar surface area (TPSA) is 98.6 Å². The maximum Gasteiger partial charge on any atom is 0.341 e. The molecule has 0 saturated heterocycles. The molecule has 0 aromatic rings. The van der Waals surface area contributed by atoms with Gasteiger partial charge in [0.05, 0.1) is 0 Å². The maximum absolute atomic E-state index is 10.9. The Labute approximate surface area is 82.0 Å². The molecule has 14 heavy (non-hydrogen) atoms. The molecule has 78 valence electrons. The van der Waals surface area contributed by atoms with Crippen LogP contribution in [-0.2, 0) is 9.63 Å². The highest BCUT2D eigenvalue weighted by atomic mass is 16.7. The van der Waals surface area contributed by atoms with Crippen LogP contribution in [0.15, 0.2) is 24.0 Å². The molecule has 5 nitrogen and oxygen atoms in total. The van der Waals surface area contributed by atoms with Crippen molar-refractivity contribution in [3.63, 3.8) is 0 Å². The van der Waals surface area contributed by atoms with Gasteiger partial charge >= 0.3 is 5.97 Å². The fourth-order valence-electron chi connectivity index (χ4n) is 1.34. The summed E-state index contributed by atoms with van der Waals surface area (Å²) >= 11 is 0. The van der Waals surface area contributed by atoms with Crippen molar-refractivity contribution in [2.45, 2.75) is 18.9 Å². The second-order valence-electron chi connectivity index (χ2n) is 3.26. The number of allylic oxidation sites excluding steroid dienone is 3. The van der Waals surface area contributed by atoms with Gasteiger partial charge in [0.2, 0.25) is 0 Å². The van der Waals surface area contributed by atoms with Gasteiger partial charge in [0.25, 0.3) is 0 Å². The Morgan fingerprint density at radius 1 is 1.79 bits per heavy atom. The first-order valence-electron chi connectivity index (χ1n) is 4.37. The van der Waals surface area contributed by atoms with Crippen LogP contribution in [0, 0.1) is 5.92 Å². The summed E-state index contributed by atoms with van der Waals surface area (Å²) in [5.41, 5.74) is 5.52. The van der Waals surface area contributed by atoms with Gasteiger partial charge in [-0.15, -0.1) is 0 Å². The number of nitrogens with two attached hydrogens (primary N) is 2. The van der Waals surface area contributed by atoms with Crippen LogP contribution in [-0.4, -0.2) is 17.1 Å². The number of aliphatic hydroxyl groups excluding tert-OH is 1. The Kier molecular flexibility index (Phi) is 3.67. The predicted molar refractivity (Wildman–Crippen MR) is 50.8 cm³/mol. The molecule has 0 amide bonds. The largest absolute Gasteiger partial charge is 0.508 e. The third-order valence-electron chi connectivity index (χ3n) is 2.14. The molecule has 0 aromatic carbocycles. The second-order valence-corrected chi connectivity index (χ2v) is 3.26. The summed E-state index contributed by atoms with van der Waals surface area (Å²) in [6.07, 6.45) is 6.24. The molecule has 0 heterocycles. The SMILES string of the molecule is NOC(=O)[C@@H](N)CC1C=CC(O)=CC1. The quantitative estimate of drug-likeness (QED) is 0.560. The van der Waals surface area contributed by atoms with E-state index in [0.717, 1.165) is 0 Å². The van der Waals surface area contributed by atoms with Crippen molar-refractivity contribution in [2.75, 3.05) is 0 Å². The van der Waals surface area contributed by atoms with Gasteiger partial charge in [0.1, 0.15) is 11.8 Å². The van der Waals surface area contributed by atoms with Crippen molar-refractivity contribution in [2.24, 2.45) is 17.5 Å². The maximum atomic E-state index is 10.9. The van der Waals surface area contributed by atoms with E-state index in [-0.39, 0.29) is 11.7 Å². The summed E-state index contributed by atoms with van der Waals surface area (Å²) in [6, 6.07) is -0.705. The monoisotopic (exact) mass is 198 g/mol. The minimum atomic E-state index is -0.705. The average Bonchev–Trinajstić information content (AvgIpc) is 2.20. The summed E-state index contributed by atoms with van der Waals surface area (Å²) in [6.45, 7) is 0. The van der Waals surface area contributed by atoms with Crippen LogP contribution in [0.4, 0.5) is 0 Å². The fourth-order valence-corrected chi connectivity index (χ4v) is 1.34. The van der Waals surface area contributed by atoms with Crippen molar-refractivity contribution in [3.05, 3.63) is 24.0 Å². The lowest BCUT2D eigenvalue weighted by Crippen LogP contribution is -2.35. The van der Waals surface area contributed by atoms with Gasteiger partial charge in [0, 0.05) is 0 Å². The zero-order valence-corrected chi connectivity index (χ0v) is 7.72. The Morgan fingerprint density at radius 2 is 2.50 bits per heavy atom. The van der Waals surface area contributed by atoms with Crippen LogP contribution >= 0.6 is 0 Å².